The minimum atomic E-state index is -3.74. The molecule has 1 fully saturated rings. The first-order chi connectivity index (χ1) is 13.3. The maximum Gasteiger partial charge on any atom is 0.264 e. The summed E-state index contributed by atoms with van der Waals surface area (Å²) in [5.74, 6) is 0. The highest BCUT2D eigenvalue weighted by atomic mass is 32.2. The molecule has 0 bridgehead atoms. The van der Waals surface area contributed by atoms with Crippen LogP contribution in [0.25, 0.3) is 0 Å². The molecule has 1 aliphatic rings. The highest BCUT2D eigenvalue weighted by Crippen LogP contribution is 2.30. The van der Waals surface area contributed by atoms with Crippen molar-refractivity contribution in [2.45, 2.75) is 24.8 Å². The van der Waals surface area contributed by atoms with Gasteiger partial charge in [0.05, 0.1) is 41.3 Å². The third-order valence-corrected chi connectivity index (χ3v) is 6.76. The lowest BCUT2D eigenvalue weighted by Gasteiger charge is -2.42. The van der Waals surface area contributed by atoms with Crippen LogP contribution >= 0.6 is 0 Å². The Morgan fingerprint density at radius 1 is 1.11 bits per heavy atom. The molecule has 0 unspecified atom stereocenters. The topological polar surface area (TPSA) is 88.2 Å². The van der Waals surface area contributed by atoms with E-state index in [0.717, 1.165) is 11.3 Å². The van der Waals surface area contributed by atoms with Crippen LogP contribution in [0, 0.1) is 29.6 Å². The van der Waals surface area contributed by atoms with E-state index in [4.69, 9.17) is 10.5 Å². The smallest absolute Gasteiger partial charge is 0.264 e. The van der Waals surface area contributed by atoms with Crippen LogP contribution in [-0.2, 0) is 10.0 Å². The summed E-state index contributed by atoms with van der Waals surface area (Å²) in [5.41, 5.74) is 3.32. The predicted molar refractivity (Wildman–Crippen MR) is 107 cm³/mol. The van der Waals surface area contributed by atoms with Crippen LogP contribution in [0.4, 0.5) is 5.69 Å². The monoisotopic (exact) mass is 392 g/mol. The molecule has 6 nitrogen and oxygen atoms in total. The van der Waals surface area contributed by atoms with Gasteiger partial charge in [0.2, 0.25) is 0 Å². The van der Waals surface area contributed by atoms with Crippen LogP contribution in [0.2, 0.25) is 0 Å². The van der Waals surface area contributed by atoms with Crippen molar-refractivity contribution in [2.24, 2.45) is 0 Å². The Morgan fingerprint density at radius 3 is 2.36 bits per heavy atom. The number of nitrogens with zero attached hydrogens (tertiary/aromatic N) is 4. The first-order valence-corrected chi connectivity index (χ1v) is 10.2. The van der Waals surface area contributed by atoms with Crippen molar-refractivity contribution in [1.82, 2.24) is 4.31 Å². The lowest BCUT2D eigenvalue weighted by atomic mass is 10.1. The summed E-state index contributed by atoms with van der Waals surface area (Å²) in [6.07, 6.45) is 0. The number of aryl methyl sites for hydroxylation is 1. The highest BCUT2D eigenvalue weighted by Gasteiger charge is 2.34. The molecule has 28 heavy (non-hydrogen) atoms. The average Bonchev–Trinajstić information content (AvgIpc) is 2.69. The molecule has 1 aliphatic heterocycles. The molecule has 0 N–H and O–H groups in total. The molecule has 0 aromatic heterocycles. The fourth-order valence-electron chi connectivity index (χ4n) is 3.29. The second kappa shape index (κ2) is 7.38. The average molecular weight is 392 g/mol. The van der Waals surface area contributed by atoms with Crippen LogP contribution in [-0.4, -0.2) is 31.9 Å². The lowest BCUT2D eigenvalue weighted by molar-refractivity contribution is 0.397. The van der Waals surface area contributed by atoms with Crippen molar-refractivity contribution in [3.63, 3.8) is 0 Å². The van der Waals surface area contributed by atoms with E-state index in [-0.39, 0.29) is 17.5 Å². The quantitative estimate of drug-likeness (QED) is 0.801. The van der Waals surface area contributed by atoms with Gasteiger partial charge in [0.1, 0.15) is 0 Å². The molecule has 0 amide bonds. The van der Waals surface area contributed by atoms with E-state index in [1.807, 2.05) is 32.0 Å². The van der Waals surface area contributed by atoms with Gasteiger partial charge in [-0.3, -0.25) is 4.31 Å². The SMILES string of the molecule is C=C1CN(c2ccc(C#N)c(C)c2)[C@@H](C)CN1S(=O)(=O)c1ccc(C#N)cc1. The van der Waals surface area contributed by atoms with Crippen molar-refractivity contribution in [3.8, 4) is 12.1 Å². The second-order valence-electron chi connectivity index (χ2n) is 6.83. The Balaban J connectivity index is 1.87. The van der Waals surface area contributed by atoms with Gasteiger partial charge in [-0.15, -0.1) is 0 Å². The molecule has 0 spiro atoms. The molecule has 1 heterocycles. The first-order valence-electron chi connectivity index (χ1n) is 8.76. The van der Waals surface area contributed by atoms with Crippen molar-refractivity contribution in [2.75, 3.05) is 18.0 Å². The van der Waals surface area contributed by atoms with Gasteiger partial charge in [-0.2, -0.15) is 10.5 Å². The van der Waals surface area contributed by atoms with Crippen molar-refractivity contribution >= 4 is 15.7 Å². The van der Waals surface area contributed by atoms with E-state index in [0.29, 0.717) is 23.4 Å². The number of anilines is 1. The molecular weight excluding hydrogens is 372 g/mol. The zero-order valence-corrected chi connectivity index (χ0v) is 16.6. The summed E-state index contributed by atoms with van der Waals surface area (Å²) in [5, 5.41) is 18.0. The molecule has 0 radical (unpaired) electrons. The Bertz CT molecular complexity index is 1110. The highest BCUT2D eigenvalue weighted by molar-refractivity contribution is 7.89. The largest absolute Gasteiger partial charge is 0.361 e. The standard InChI is InChI=1S/C21H20N4O2S/c1-15-10-20(7-6-19(15)12-23)24-13-17(3)25(14-16(24)2)28(26,27)21-8-4-18(11-22)5-9-21/h4-10,16H,3,13-14H2,1-2H3/t16-/m0/s1. The molecule has 3 rings (SSSR count). The van der Waals surface area contributed by atoms with Crippen molar-refractivity contribution in [1.29, 1.82) is 10.5 Å². The number of benzene rings is 2. The number of hydrogen-bond acceptors (Lipinski definition) is 5. The third kappa shape index (κ3) is 3.45. The van der Waals surface area contributed by atoms with E-state index < -0.39 is 10.0 Å². The molecule has 0 saturated carbocycles. The molecule has 142 valence electrons. The maximum absolute atomic E-state index is 13.1. The van der Waals surface area contributed by atoms with E-state index in [9.17, 15) is 8.42 Å². The van der Waals surface area contributed by atoms with Crippen LogP contribution < -0.4 is 4.90 Å². The molecule has 1 atom stereocenters. The van der Waals surface area contributed by atoms with Crippen molar-refractivity contribution < 1.29 is 8.42 Å². The van der Waals surface area contributed by atoms with Gasteiger partial charge in [0.25, 0.3) is 10.0 Å². The summed E-state index contributed by atoms with van der Waals surface area (Å²) in [4.78, 5) is 2.23. The maximum atomic E-state index is 13.1. The van der Waals surface area contributed by atoms with Gasteiger partial charge in [-0.1, -0.05) is 6.58 Å². The summed E-state index contributed by atoms with van der Waals surface area (Å²) >= 11 is 0. The summed E-state index contributed by atoms with van der Waals surface area (Å²) in [7, 11) is -3.74. The molecule has 0 aliphatic carbocycles. The van der Waals surface area contributed by atoms with Crippen LogP contribution in [0.5, 0.6) is 0 Å². The molecular formula is C21H20N4O2S. The third-order valence-electron chi connectivity index (χ3n) is 4.90. The molecule has 2 aromatic carbocycles. The zero-order chi connectivity index (χ0) is 20.5. The Hall–Kier alpha value is -3.29. The van der Waals surface area contributed by atoms with E-state index in [1.165, 1.54) is 28.6 Å². The predicted octanol–water partition coefficient (Wildman–Crippen LogP) is 3.15. The number of nitriles is 2. The Morgan fingerprint density at radius 2 is 1.79 bits per heavy atom. The normalized spacial score (nSPS) is 17.1. The number of sulfonamides is 1. The minimum Gasteiger partial charge on any atom is -0.361 e. The second-order valence-corrected chi connectivity index (χ2v) is 8.69. The fraction of sp³-hybridized carbons (Fsp3) is 0.238. The Labute approximate surface area is 165 Å². The summed E-state index contributed by atoms with van der Waals surface area (Å²) in [6.45, 7) is 8.46. The van der Waals surface area contributed by atoms with Gasteiger partial charge >= 0.3 is 0 Å². The Kier molecular flexibility index (Phi) is 5.13. The van der Waals surface area contributed by atoms with E-state index in [1.54, 1.807) is 6.07 Å². The fourth-order valence-corrected chi connectivity index (χ4v) is 4.84. The van der Waals surface area contributed by atoms with Crippen molar-refractivity contribution in [3.05, 3.63) is 71.4 Å². The molecule has 1 saturated heterocycles. The van der Waals surface area contributed by atoms with Gasteiger partial charge in [0, 0.05) is 17.4 Å². The minimum absolute atomic E-state index is 0.0778. The van der Waals surface area contributed by atoms with Gasteiger partial charge < -0.3 is 4.90 Å². The number of piperazine rings is 1. The number of hydrogen-bond donors (Lipinski definition) is 0. The van der Waals surface area contributed by atoms with E-state index >= 15 is 0 Å². The molecule has 2 aromatic rings. The van der Waals surface area contributed by atoms with Gasteiger partial charge in [0.15, 0.2) is 0 Å². The van der Waals surface area contributed by atoms with Crippen LogP contribution in [0.15, 0.2) is 59.6 Å². The number of rotatable bonds is 3. The van der Waals surface area contributed by atoms with Crippen LogP contribution in [0.3, 0.4) is 0 Å². The first kappa shape index (κ1) is 19.5. The van der Waals surface area contributed by atoms with Gasteiger partial charge in [-0.25, -0.2) is 8.42 Å². The van der Waals surface area contributed by atoms with Gasteiger partial charge in [-0.05, 0) is 61.9 Å². The molecule has 7 heteroatoms. The zero-order valence-electron chi connectivity index (χ0n) is 15.8. The lowest BCUT2D eigenvalue weighted by Crippen LogP contribution is -2.52. The summed E-state index contributed by atoms with van der Waals surface area (Å²) < 4.78 is 27.4. The summed E-state index contributed by atoms with van der Waals surface area (Å²) in [6, 6.07) is 15.5. The van der Waals surface area contributed by atoms with Crippen LogP contribution in [0.1, 0.15) is 23.6 Å². The van der Waals surface area contributed by atoms with E-state index in [2.05, 4.69) is 17.5 Å².